The molecule has 0 aliphatic heterocycles. The molecule has 49 heavy (non-hydrogen) atoms. The number of hydrogen-bond donors (Lipinski definition) is 3. The lowest BCUT2D eigenvalue weighted by molar-refractivity contribution is 0.262. The summed E-state index contributed by atoms with van der Waals surface area (Å²) in [6.07, 6.45) is 3.18. The number of hydrogen-bond acceptors (Lipinski definition) is 9. The summed E-state index contributed by atoms with van der Waals surface area (Å²) < 4.78 is 11.8. The highest BCUT2D eigenvalue weighted by Crippen LogP contribution is 2.27. The van der Waals surface area contributed by atoms with E-state index in [0.717, 1.165) is 54.1 Å². The molecule has 2 amide bonds. The molecule has 262 valence electrons. The van der Waals surface area contributed by atoms with Crippen molar-refractivity contribution >= 4 is 34.5 Å². The Kier molecular flexibility index (Phi) is 16.0. The van der Waals surface area contributed by atoms with Crippen molar-refractivity contribution in [1.82, 2.24) is 24.8 Å². The van der Waals surface area contributed by atoms with Crippen molar-refractivity contribution in [2.45, 2.75) is 47.1 Å². The van der Waals surface area contributed by atoms with Crippen LogP contribution in [0.25, 0.3) is 22.7 Å². The number of urea groups is 1. The van der Waals surface area contributed by atoms with Gasteiger partial charge >= 0.3 is 6.03 Å². The smallest absolute Gasteiger partial charge is 0.323 e. The quantitative estimate of drug-likeness (QED) is 0.101. The molecule has 0 saturated carbocycles. The van der Waals surface area contributed by atoms with E-state index in [1.807, 2.05) is 115 Å². The number of fused-ring (bicyclic) bond motifs is 1. The number of carbonyl (C=O) groups excluding carboxylic acids is 1. The molecule has 5 aromatic rings. The second kappa shape index (κ2) is 20.4. The zero-order valence-corrected chi connectivity index (χ0v) is 30.2. The van der Waals surface area contributed by atoms with Crippen LogP contribution in [0.4, 0.5) is 22.0 Å². The molecule has 3 N–H and O–H groups in total. The summed E-state index contributed by atoms with van der Waals surface area (Å²) in [6, 6.07) is 23.0. The van der Waals surface area contributed by atoms with Gasteiger partial charge in [0.05, 0.1) is 6.61 Å². The third kappa shape index (κ3) is 12.2. The van der Waals surface area contributed by atoms with E-state index < -0.39 is 0 Å². The Balaban J connectivity index is 0.00000157. The van der Waals surface area contributed by atoms with Crippen LogP contribution in [0, 0.1) is 0 Å². The van der Waals surface area contributed by atoms with Crippen molar-refractivity contribution < 1.29 is 13.9 Å². The normalized spacial score (nSPS) is 10.6. The molecular formula is C38H52N8O3. The van der Waals surface area contributed by atoms with Crippen molar-refractivity contribution in [3.63, 3.8) is 0 Å². The van der Waals surface area contributed by atoms with Crippen LogP contribution in [-0.4, -0.2) is 78.7 Å². The van der Waals surface area contributed by atoms with E-state index >= 15 is 0 Å². The molecule has 3 aromatic carbocycles. The second-order valence-corrected chi connectivity index (χ2v) is 11.3. The number of oxazole rings is 1. The number of anilines is 3. The lowest BCUT2D eigenvalue weighted by atomic mass is 10.1. The fourth-order valence-electron chi connectivity index (χ4n) is 4.76. The maximum atomic E-state index is 12.6. The van der Waals surface area contributed by atoms with Gasteiger partial charge in [-0.1, -0.05) is 58.0 Å². The number of benzene rings is 3. The van der Waals surface area contributed by atoms with Crippen molar-refractivity contribution in [3.05, 3.63) is 90.3 Å². The molecule has 0 aliphatic rings. The zero-order chi connectivity index (χ0) is 35.6. The molecule has 0 saturated heterocycles. The predicted octanol–water partition coefficient (Wildman–Crippen LogP) is 8.03. The molecule has 0 aliphatic carbocycles. The van der Waals surface area contributed by atoms with Crippen molar-refractivity contribution in [3.8, 4) is 17.2 Å². The topological polar surface area (TPSA) is 121 Å². The summed E-state index contributed by atoms with van der Waals surface area (Å²) in [5, 5.41) is 9.22. The minimum atomic E-state index is -0.282. The molecule has 5 rings (SSSR count). The number of amides is 2. The van der Waals surface area contributed by atoms with Crippen LogP contribution in [0.1, 0.15) is 45.2 Å². The standard InChI is InChI=1S/C34H40N8O3.2C2H6/c1-41(2)20-7-21-44-28-16-12-25(13-17-28)32-40-30-31(36-23-37-33(30)45-32)35-19-18-24-10-14-27(15-11-24)38-34(43)39-29-9-6-5-8-26(29)22-42(3)4;2*1-2/h5-6,8-17,23H,7,18-22H2,1-4H3,(H,35,36,37)(H2,38,39,43);2*1-2H3. The highest BCUT2D eigenvalue weighted by molar-refractivity contribution is 6.00. The maximum Gasteiger partial charge on any atom is 0.323 e. The molecule has 2 heterocycles. The first-order chi connectivity index (χ1) is 23.8. The number of nitrogens with zero attached hydrogens (tertiary/aromatic N) is 5. The third-order valence-electron chi connectivity index (χ3n) is 6.99. The van der Waals surface area contributed by atoms with Crippen LogP contribution in [0.15, 0.2) is 83.5 Å². The monoisotopic (exact) mass is 668 g/mol. The van der Waals surface area contributed by atoms with Gasteiger partial charge in [0.25, 0.3) is 5.71 Å². The molecule has 0 atom stereocenters. The number of rotatable bonds is 14. The van der Waals surface area contributed by atoms with Gasteiger partial charge in [-0.15, -0.1) is 0 Å². The molecule has 0 unspecified atom stereocenters. The Morgan fingerprint density at radius 1 is 0.837 bits per heavy atom. The molecular weight excluding hydrogens is 616 g/mol. The third-order valence-corrected chi connectivity index (χ3v) is 6.99. The highest BCUT2D eigenvalue weighted by atomic mass is 16.5. The summed E-state index contributed by atoms with van der Waals surface area (Å²) in [6.45, 7) is 11.0. The van der Waals surface area contributed by atoms with Crippen LogP contribution >= 0.6 is 0 Å². The Bertz CT molecular complexity index is 1690. The van der Waals surface area contributed by atoms with Gasteiger partial charge in [-0.3, -0.25) is 0 Å². The van der Waals surface area contributed by atoms with Gasteiger partial charge in [0.2, 0.25) is 5.89 Å². The number of para-hydroxylation sites is 1. The number of ether oxygens (including phenoxy) is 1. The Hall–Kier alpha value is -5.00. The van der Waals surface area contributed by atoms with E-state index in [1.54, 1.807) is 0 Å². The van der Waals surface area contributed by atoms with Gasteiger partial charge < -0.3 is 34.9 Å². The van der Waals surface area contributed by atoms with E-state index in [0.29, 0.717) is 41.8 Å². The van der Waals surface area contributed by atoms with Gasteiger partial charge in [0.15, 0.2) is 11.3 Å². The lowest BCUT2D eigenvalue weighted by Crippen LogP contribution is -2.21. The molecule has 11 nitrogen and oxygen atoms in total. The number of carbonyl (C=O) groups is 1. The SMILES string of the molecule is CC.CC.CN(C)CCCOc1ccc(-c2nc3c(NCCc4ccc(NC(=O)Nc5ccccc5CN(C)C)cc4)ncnc3o2)cc1. The summed E-state index contributed by atoms with van der Waals surface area (Å²) in [5.41, 5.74) is 5.50. The van der Waals surface area contributed by atoms with Crippen LogP contribution in [0.3, 0.4) is 0 Å². The molecule has 0 spiro atoms. The van der Waals surface area contributed by atoms with Gasteiger partial charge in [-0.25, -0.2) is 14.8 Å². The molecule has 11 heteroatoms. The predicted molar refractivity (Wildman–Crippen MR) is 202 cm³/mol. The molecule has 0 fully saturated rings. The summed E-state index contributed by atoms with van der Waals surface area (Å²) >= 11 is 0. The Morgan fingerprint density at radius 2 is 1.55 bits per heavy atom. The van der Waals surface area contributed by atoms with Crippen LogP contribution in [0.5, 0.6) is 5.75 Å². The van der Waals surface area contributed by atoms with Crippen LogP contribution in [-0.2, 0) is 13.0 Å². The summed E-state index contributed by atoms with van der Waals surface area (Å²) in [7, 11) is 8.10. The minimum absolute atomic E-state index is 0.282. The van der Waals surface area contributed by atoms with E-state index in [9.17, 15) is 4.79 Å². The molecule has 0 bridgehead atoms. The largest absolute Gasteiger partial charge is 0.494 e. The van der Waals surface area contributed by atoms with Gasteiger partial charge in [0.1, 0.15) is 12.1 Å². The van der Waals surface area contributed by atoms with E-state index in [4.69, 9.17) is 9.15 Å². The Labute approximate surface area is 291 Å². The van der Waals surface area contributed by atoms with Gasteiger partial charge in [-0.2, -0.15) is 4.98 Å². The average molecular weight is 669 g/mol. The Morgan fingerprint density at radius 3 is 2.24 bits per heavy atom. The van der Waals surface area contributed by atoms with Gasteiger partial charge in [-0.05, 0) is 94.6 Å². The molecule has 0 radical (unpaired) electrons. The van der Waals surface area contributed by atoms with Crippen LogP contribution < -0.4 is 20.7 Å². The summed E-state index contributed by atoms with van der Waals surface area (Å²) in [5.74, 6) is 1.89. The zero-order valence-electron chi connectivity index (χ0n) is 30.2. The number of aromatic nitrogens is 3. The number of nitrogens with one attached hydrogen (secondary N) is 3. The molecule has 2 aromatic heterocycles. The van der Waals surface area contributed by atoms with Gasteiger partial charge in [0, 0.05) is 36.6 Å². The average Bonchev–Trinajstić information content (AvgIpc) is 3.56. The first-order valence-corrected chi connectivity index (χ1v) is 17.0. The van der Waals surface area contributed by atoms with Crippen molar-refractivity contribution in [2.24, 2.45) is 0 Å². The van der Waals surface area contributed by atoms with Crippen molar-refractivity contribution in [2.75, 3.05) is 63.8 Å². The lowest BCUT2D eigenvalue weighted by Gasteiger charge is -2.15. The fraction of sp³-hybridized carbons (Fsp3) is 0.368. The fourth-order valence-corrected chi connectivity index (χ4v) is 4.76. The van der Waals surface area contributed by atoms with E-state index in [2.05, 4.69) is 54.8 Å². The van der Waals surface area contributed by atoms with Crippen LogP contribution in [0.2, 0.25) is 0 Å². The first kappa shape index (κ1) is 38.4. The maximum absolute atomic E-state index is 12.6. The second-order valence-electron chi connectivity index (χ2n) is 11.3. The first-order valence-electron chi connectivity index (χ1n) is 17.0. The van der Waals surface area contributed by atoms with E-state index in [1.165, 1.54) is 6.33 Å². The van der Waals surface area contributed by atoms with Crippen molar-refractivity contribution in [1.29, 1.82) is 0 Å². The minimum Gasteiger partial charge on any atom is -0.494 e. The highest BCUT2D eigenvalue weighted by Gasteiger charge is 2.14. The van der Waals surface area contributed by atoms with E-state index in [-0.39, 0.29) is 6.03 Å². The summed E-state index contributed by atoms with van der Waals surface area (Å²) in [4.78, 5) is 30.2.